The lowest BCUT2D eigenvalue weighted by molar-refractivity contribution is -0.140. The number of fused-ring (bicyclic) bond motifs is 1. The molecule has 1 saturated heterocycles. The molecule has 0 unspecified atom stereocenters. The molecule has 2 N–H and O–H groups in total. The van der Waals surface area contributed by atoms with Crippen molar-refractivity contribution in [3.8, 4) is 17.9 Å². The van der Waals surface area contributed by atoms with E-state index < -0.39 is 24.0 Å². The van der Waals surface area contributed by atoms with Crippen LogP contribution in [0.4, 0.5) is 28.9 Å². The molecule has 0 bridgehead atoms. The van der Waals surface area contributed by atoms with Gasteiger partial charge in [-0.05, 0) is 88.6 Å². The van der Waals surface area contributed by atoms with E-state index in [0.717, 1.165) is 31.6 Å². The molecule has 3 aromatic rings. The van der Waals surface area contributed by atoms with Gasteiger partial charge in [-0.3, -0.25) is 0 Å². The number of nitriles is 1. The van der Waals surface area contributed by atoms with E-state index in [1.54, 1.807) is 38.1 Å². The predicted octanol–water partition coefficient (Wildman–Crippen LogP) is 6.11. The maximum Gasteiger partial charge on any atom is 0.406 e. The van der Waals surface area contributed by atoms with Crippen LogP contribution in [-0.2, 0) is 12.0 Å². The molecule has 2 heterocycles. The third kappa shape index (κ3) is 6.41. The van der Waals surface area contributed by atoms with Crippen molar-refractivity contribution in [2.24, 2.45) is 0 Å². The quantitative estimate of drug-likeness (QED) is 0.301. The molecule has 1 aromatic heterocycles. The lowest BCUT2D eigenvalue weighted by atomic mass is 9.86. The van der Waals surface area contributed by atoms with Crippen molar-refractivity contribution >= 4 is 22.3 Å². The first-order valence-corrected chi connectivity index (χ1v) is 12.5. The number of piperidine rings is 1. The second-order valence-corrected chi connectivity index (χ2v) is 10.3. The van der Waals surface area contributed by atoms with E-state index in [0.29, 0.717) is 16.5 Å². The summed E-state index contributed by atoms with van der Waals surface area (Å²) in [5.41, 5.74) is 1.42. The topological polar surface area (TPSA) is 56.0 Å². The fourth-order valence-corrected chi connectivity index (χ4v) is 4.62. The molecule has 1 aliphatic heterocycles. The van der Waals surface area contributed by atoms with Gasteiger partial charge in [0.05, 0.1) is 34.9 Å². The van der Waals surface area contributed by atoms with Crippen molar-refractivity contribution < 1.29 is 17.6 Å². The molecule has 0 amide bonds. The zero-order valence-corrected chi connectivity index (χ0v) is 21.7. The minimum absolute atomic E-state index is 0.0339. The number of aromatic nitrogens is 1. The number of nitrogens with zero attached hydrogens (tertiary/aromatic N) is 3. The van der Waals surface area contributed by atoms with Gasteiger partial charge in [0.1, 0.15) is 12.4 Å². The molecule has 200 valence electrons. The zero-order chi connectivity index (χ0) is 27.5. The van der Waals surface area contributed by atoms with Gasteiger partial charge in [0, 0.05) is 17.1 Å². The predicted molar refractivity (Wildman–Crippen MR) is 143 cm³/mol. The van der Waals surface area contributed by atoms with Crippen LogP contribution < -0.4 is 10.6 Å². The number of hydrogen-bond acceptors (Lipinski definition) is 4. The molecule has 0 aliphatic carbocycles. The van der Waals surface area contributed by atoms with Crippen molar-refractivity contribution in [1.82, 2.24) is 9.47 Å². The van der Waals surface area contributed by atoms with Crippen LogP contribution >= 0.6 is 0 Å². The maximum atomic E-state index is 14.6. The number of rotatable bonds is 6. The van der Waals surface area contributed by atoms with Gasteiger partial charge in [0.15, 0.2) is 0 Å². The molecule has 0 radical (unpaired) electrons. The van der Waals surface area contributed by atoms with Gasteiger partial charge in [0.25, 0.3) is 0 Å². The molecule has 4 rings (SSSR count). The van der Waals surface area contributed by atoms with Crippen molar-refractivity contribution in [2.45, 2.75) is 50.9 Å². The van der Waals surface area contributed by atoms with Crippen LogP contribution in [0.25, 0.3) is 10.9 Å². The lowest BCUT2D eigenvalue weighted by Gasteiger charge is -2.30. The van der Waals surface area contributed by atoms with Gasteiger partial charge in [-0.25, -0.2) is 4.39 Å². The molecule has 38 heavy (non-hydrogen) atoms. The standard InChI is InChI=1S/C29H31F4N5/c1-28(2,18-34)20-9-10-26(24(30)16-20)35-13-5-6-22-17-23-25(36-21-11-14-37(3)15-12-21)7-4-8-27(23)38(22)19-29(31,32)33/h4,7-10,16-17,21,35-36H,11-15,19H2,1-3H3. The van der Waals surface area contributed by atoms with Gasteiger partial charge in [-0.15, -0.1) is 0 Å². The molecule has 5 nitrogen and oxygen atoms in total. The van der Waals surface area contributed by atoms with Gasteiger partial charge in [-0.2, -0.15) is 18.4 Å². The monoisotopic (exact) mass is 525 g/mol. The minimum atomic E-state index is -4.42. The minimum Gasteiger partial charge on any atom is -0.382 e. The molecule has 2 aromatic carbocycles. The van der Waals surface area contributed by atoms with E-state index in [1.807, 2.05) is 6.07 Å². The van der Waals surface area contributed by atoms with Crippen molar-refractivity contribution in [1.29, 1.82) is 5.26 Å². The summed E-state index contributed by atoms with van der Waals surface area (Å²) in [6.07, 6.45) is -2.50. The van der Waals surface area contributed by atoms with E-state index in [9.17, 15) is 22.8 Å². The highest BCUT2D eigenvalue weighted by molar-refractivity contribution is 5.94. The Hall–Kier alpha value is -3.69. The lowest BCUT2D eigenvalue weighted by Crippen LogP contribution is -2.36. The molecular weight excluding hydrogens is 494 g/mol. The van der Waals surface area contributed by atoms with Crippen LogP contribution in [0.5, 0.6) is 0 Å². The van der Waals surface area contributed by atoms with Gasteiger partial charge < -0.3 is 20.1 Å². The number of benzene rings is 2. The van der Waals surface area contributed by atoms with Crippen molar-refractivity contribution in [3.63, 3.8) is 0 Å². The summed E-state index contributed by atoms with van der Waals surface area (Å²) in [5, 5.41) is 16.3. The molecule has 0 atom stereocenters. The summed E-state index contributed by atoms with van der Waals surface area (Å²) in [5.74, 6) is 5.15. The van der Waals surface area contributed by atoms with Crippen LogP contribution in [0, 0.1) is 29.0 Å². The summed E-state index contributed by atoms with van der Waals surface area (Å²) >= 11 is 0. The first-order valence-electron chi connectivity index (χ1n) is 12.5. The SMILES string of the molecule is CN1CCC(Nc2cccc3c2cc(C#CCNc2ccc(C(C)(C)C#N)cc2F)n3CC(F)(F)F)CC1. The van der Waals surface area contributed by atoms with E-state index in [4.69, 9.17) is 0 Å². The van der Waals surface area contributed by atoms with Crippen molar-refractivity contribution in [3.05, 3.63) is 59.5 Å². The Balaban J connectivity index is 1.57. The van der Waals surface area contributed by atoms with Crippen LogP contribution in [0.1, 0.15) is 37.9 Å². The largest absolute Gasteiger partial charge is 0.406 e. The number of nitrogens with one attached hydrogen (secondary N) is 2. The highest BCUT2D eigenvalue weighted by Crippen LogP contribution is 2.31. The average molecular weight is 526 g/mol. The third-order valence-corrected chi connectivity index (χ3v) is 6.92. The van der Waals surface area contributed by atoms with Crippen LogP contribution in [0.15, 0.2) is 42.5 Å². The Labute approximate surface area is 220 Å². The van der Waals surface area contributed by atoms with Gasteiger partial charge in [-0.1, -0.05) is 18.1 Å². The number of halogens is 4. The highest BCUT2D eigenvalue weighted by Gasteiger charge is 2.30. The zero-order valence-electron chi connectivity index (χ0n) is 21.7. The number of likely N-dealkylation sites (tertiary alicyclic amines) is 1. The third-order valence-electron chi connectivity index (χ3n) is 6.92. The number of alkyl halides is 3. The molecule has 0 spiro atoms. The van der Waals surface area contributed by atoms with E-state index in [2.05, 4.69) is 40.5 Å². The highest BCUT2D eigenvalue weighted by atomic mass is 19.4. The van der Waals surface area contributed by atoms with E-state index >= 15 is 0 Å². The Bertz CT molecular complexity index is 1400. The fraction of sp³-hybridized carbons (Fsp3) is 0.414. The maximum absolute atomic E-state index is 14.6. The van der Waals surface area contributed by atoms with E-state index in [-0.39, 0.29) is 24.0 Å². The number of anilines is 2. The van der Waals surface area contributed by atoms with Crippen LogP contribution in [0.3, 0.4) is 0 Å². The molecular formula is C29H31F4N5. The summed E-state index contributed by atoms with van der Waals surface area (Å²) in [6, 6.07) is 13.9. The second kappa shape index (κ2) is 11.0. The molecule has 9 heteroatoms. The molecule has 1 fully saturated rings. The van der Waals surface area contributed by atoms with Gasteiger partial charge in [0.2, 0.25) is 0 Å². The molecule has 0 saturated carbocycles. The summed E-state index contributed by atoms with van der Waals surface area (Å²) in [6.45, 7) is 4.21. The first kappa shape index (κ1) is 27.3. The summed E-state index contributed by atoms with van der Waals surface area (Å²) in [4.78, 5) is 2.26. The smallest absolute Gasteiger partial charge is 0.382 e. The van der Waals surface area contributed by atoms with E-state index in [1.165, 1.54) is 16.7 Å². The first-order chi connectivity index (χ1) is 18.0. The van der Waals surface area contributed by atoms with Crippen LogP contribution in [-0.4, -0.2) is 48.4 Å². The number of hydrogen-bond donors (Lipinski definition) is 2. The van der Waals surface area contributed by atoms with Crippen LogP contribution in [0.2, 0.25) is 0 Å². The summed E-state index contributed by atoms with van der Waals surface area (Å²) in [7, 11) is 2.08. The van der Waals surface area contributed by atoms with Gasteiger partial charge >= 0.3 is 6.18 Å². The summed E-state index contributed by atoms with van der Waals surface area (Å²) < 4.78 is 56.1. The normalized spacial score (nSPS) is 15.1. The second-order valence-electron chi connectivity index (χ2n) is 10.3. The Morgan fingerprint density at radius 1 is 1.05 bits per heavy atom. The Morgan fingerprint density at radius 3 is 2.45 bits per heavy atom. The Kier molecular flexibility index (Phi) is 7.89. The average Bonchev–Trinajstić information content (AvgIpc) is 3.20. The molecule has 1 aliphatic rings. The fourth-order valence-electron chi connectivity index (χ4n) is 4.62. The van der Waals surface area contributed by atoms with Crippen molar-refractivity contribution in [2.75, 3.05) is 37.3 Å². The Morgan fingerprint density at radius 2 is 1.79 bits per heavy atom.